The largest absolute Gasteiger partial charge is 0.497 e. The molecule has 0 saturated carbocycles. The molecule has 0 heterocycles. The van der Waals surface area contributed by atoms with Gasteiger partial charge in [0.15, 0.2) is 5.96 Å². The van der Waals surface area contributed by atoms with Crippen LogP contribution in [0.3, 0.4) is 0 Å². The van der Waals surface area contributed by atoms with Crippen molar-refractivity contribution >= 4 is 5.96 Å². The minimum Gasteiger partial charge on any atom is -0.497 e. The lowest BCUT2D eigenvalue weighted by atomic mass is 10.1. The van der Waals surface area contributed by atoms with E-state index in [-0.39, 0.29) is 5.54 Å². The average molecular weight is 249 g/mol. The van der Waals surface area contributed by atoms with Gasteiger partial charge in [0.05, 0.1) is 7.11 Å². The Bertz CT molecular complexity index is 390. The quantitative estimate of drug-likeness (QED) is 0.637. The van der Waals surface area contributed by atoms with Gasteiger partial charge >= 0.3 is 0 Å². The Morgan fingerprint density at radius 2 is 1.83 bits per heavy atom. The van der Waals surface area contributed by atoms with Crippen LogP contribution in [0.1, 0.15) is 26.3 Å². The molecule has 4 heteroatoms. The smallest absolute Gasteiger partial charge is 0.191 e. The lowest BCUT2D eigenvalue weighted by Crippen LogP contribution is -2.47. The Morgan fingerprint density at radius 1 is 1.22 bits per heavy atom. The van der Waals surface area contributed by atoms with Crippen LogP contribution in [0.5, 0.6) is 5.75 Å². The van der Waals surface area contributed by atoms with E-state index in [1.807, 2.05) is 24.3 Å². The van der Waals surface area contributed by atoms with Gasteiger partial charge in [0.25, 0.3) is 0 Å². The molecule has 0 aliphatic rings. The lowest BCUT2D eigenvalue weighted by Gasteiger charge is -2.23. The predicted octanol–water partition coefficient (Wildman–Crippen LogP) is 2.16. The molecular formula is C14H23N3O. The average Bonchev–Trinajstić information content (AvgIpc) is 2.33. The molecular weight excluding hydrogens is 226 g/mol. The molecule has 0 saturated heterocycles. The van der Waals surface area contributed by atoms with E-state index < -0.39 is 0 Å². The van der Waals surface area contributed by atoms with Crippen LogP contribution in [-0.4, -0.2) is 25.7 Å². The zero-order valence-electron chi connectivity index (χ0n) is 11.9. The van der Waals surface area contributed by atoms with Gasteiger partial charge in [0.1, 0.15) is 5.75 Å². The molecule has 1 aromatic carbocycles. The summed E-state index contributed by atoms with van der Waals surface area (Å²) in [5, 5.41) is 6.59. The zero-order chi connectivity index (χ0) is 13.6. The van der Waals surface area contributed by atoms with E-state index in [1.165, 1.54) is 5.56 Å². The maximum absolute atomic E-state index is 5.13. The molecule has 4 nitrogen and oxygen atoms in total. The summed E-state index contributed by atoms with van der Waals surface area (Å²) in [6.07, 6.45) is 0. The van der Waals surface area contributed by atoms with E-state index in [1.54, 1.807) is 14.2 Å². The van der Waals surface area contributed by atoms with Crippen LogP contribution < -0.4 is 15.4 Å². The summed E-state index contributed by atoms with van der Waals surface area (Å²) in [6, 6.07) is 7.99. The summed E-state index contributed by atoms with van der Waals surface area (Å²) in [7, 11) is 3.44. The van der Waals surface area contributed by atoms with Crippen molar-refractivity contribution in [3.63, 3.8) is 0 Å². The molecule has 0 radical (unpaired) electrons. The van der Waals surface area contributed by atoms with Crippen molar-refractivity contribution in [2.45, 2.75) is 32.9 Å². The van der Waals surface area contributed by atoms with Gasteiger partial charge in [-0.1, -0.05) is 12.1 Å². The molecule has 0 amide bonds. The Labute approximate surface area is 109 Å². The molecule has 0 aliphatic heterocycles. The van der Waals surface area contributed by atoms with Crippen molar-refractivity contribution in [2.24, 2.45) is 4.99 Å². The molecule has 0 aromatic heterocycles. The summed E-state index contributed by atoms with van der Waals surface area (Å²) in [5.74, 6) is 1.68. The highest BCUT2D eigenvalue weighted by Crippen LogP contribution is 2.10. The van der Waals surface area contributed by atoms with E-state index in [4.69, 9.17) is 4.74 Å². The first kappa shape index (κ1) is 14.4. The molecule has 100 valence electrons. The summed E-state index contributed by atoms with van der Waals surface area (Å²) in [4.78, 5) is 4.19. The molecule has 0 spiro atoms. The van der Waals surface area contributed by atoms with Crippen LogP contribution in [0.2, 0.25) is 0 Å². The molecule has 0 unspecified atom stereocenters. The van der Waals surface area contributed by atoms with Crippen LogP contribution in [0.25, 0.3) is 0 Å². The second kappa shape index (κ2) is 6.28. The monoisotopic (exact) mass is 249 g/mol. The van der Waals surface area contributed by atoms with Gasteiger partial charge in [-0.2, -0.15) is 0 Å². The number of benzene rings is 1. The Hall–Kier alpha value is -1.71. The van der Waals surface area contributed by atoms with Crippen molar-refractivity contribution in [1.82, 2.24) is 10.6 Å². The van der Waals surface area contributed by atoms with Gasteiger partial charge in [-0.25, -0.2) is 0 Å². The molecule has 0 bridgehead atoms. The fraction of sp³-hybridized carbons (Fsp3) is 0.500. The first-order valence-corrected chi connectivity index (χ1v) is 6.06. The second-order valence-corrected chi connectivity index (χ2v) is 5.15. The molecule has 0 atom stereocenters. The number of rotatable bonds is 3. The van der Waals surface area contributed by atoms with E-state index in [0.717, 1.165) is 18.3 Å². The van der Waals surface area contributed by atoms with Crippen LogP contribution in [0.15, 0.2) is 29.3 Å². The summed E-state index contributed by atoms with van der Waals surface area (Å²) >= 11 is 0. The molecule has 2 N–H and O–H groups in total. The third kappa shape index (κ3) is 5.08. The van der Waals surface area contributed by atoms with Crippen molar-refractivity contribution in [3.8, 4) is 5.75 Å². The van der Waals surface area contributed by atoms with Crippen LogP contribution >= 0.6 is 0 Å². The summed E-state index contributed by atoms with van der Waals surface area (Å²) < 4.78 is 5.13. The van der Waals surface area contributed by atoms with Crippen molar-refractivity contribution in [1.29, 1.82) is 0 Å². The van der Waals surface area contributed by atoms with Crippen molar-refractivity contribution in [3.05, 3.63) is 29.8 Å². The number of nitrogens with zero attached hydrogens (tertiary/aromatic N) is 1. The fourth-order valence-electron chi connectivity index (χ4n) is 1.46. The topological polar surface area (TPSA) is 45.7 Å². The van der Waals surface area contributed by atoms with Gasteiger partial charge in [-0.3, -0.25) is 4.99 Å². The van der Waals surface area contributed by atoms with E-state index in [9.17, 15) is 0 Å². The van der Waals surface area contributed by atoms with Gasteiger partial charge in [-0.15, -0.1) is 0 Å². The van der Waals surface area contributed by atoms with Gasteiger partial charge < -0.3 is 15.4 Å². The highest BCUT2D eigenvalue weighted by Gasteiger charge is 2.11. The number of aliphatic imine (C=N–C) groups is 1. The maximum atomic E-state index is 5.13. The van der Waals surface area contributed by atoms with Gasteiger partial charge in [0.2, 0.25) is 0 Å². The van der Waals surface area contributed by atoms with Crippen LogP contribution in [-0.2, 0) is 6.54 Å². The highest BCUT2D eigenvalue weighted by atomic mass is 16.5. The van der Waals surface area contributed by atoms with E-state index >= 15 is 0 Å². The maximum Gasteiger partial charge on any atom is 0.191 e. The van der Waals surface area contributed by atoms with E-state index in [0.29, 0.717) is 0 Å². The van der Waals surface area contributed by atoms with Gasteiger partial charge in [-0.05, 0) is 38.5 Å². The number of ether oxygens (including phenoxy) is 1. The molecule has 18 heavy (non-hydrogen) atoms. The zero-order valence-corrected chi connectivity index (χ0v) is 11.9. The molecule has 0 aliphatic carbocycles. The number of nitrogens with one attached hydrogen (secondary N) is 2. The lowest BCUT2D eigenvalue weighted by molar-refractivity contribution is 0.414. The number of guanidine groups is 1. The highest BCUT2D eigenvalue weighted by molar-refractivity contribution is 5.80. The van der Waals surface area contributed by atoms with E-state index in [2.05, 4.69) is 36.4 Å². The number of hydrogen-bond donors (Lipinski definition) is 2. The standard InChI is InChI=1S/C14H23N3O/c1-14(2,3)17-13(15-4)16-10-11-6-8-12(18-5)9-7-11/h6-9H,10H2,1-5H3,(H2,15,16,17). The Kier molecular flexibility index (Phi) is 5.01. The fourth-order valence-corrected chi connectivity index (χ4v) is 1.46. The third-order valence-corrected chi connectivity index (χ3v) is 2.34. The van der Waals surface area contributed by atoms with Gasteiger partial charge in [0, 0.05) is 19.1 Å². The van der Waals surface area contributed by atoms with Crippen LogP contribution in [0, 0.1) is 0 Å². The SMILES string of the molecule is CN=C(NCc1ccc(OC)cc1)NC(C)(C)C. The Morgan fingerprint density at radius 3 is 2.28 bits per heavy atom. The normalized spacial score (nSPS) is 12.2. The molecule has 0 fully saturated rings. The first-order valence-electron chi connectivity index (χ1n) is 6.06. The van der Waals surface area contributed by atoms with Crippen molar-refractivity contribution in [2.75, 3.05) is 14.2 Å². The molecule has 1 rings (SSSR count). The second-order valence-electron chi connectivity index (χ2n) is 5.15. The first-order chi connectivity index (χ1) is 8.44. The van der Waals surface area contributed by atoms with Crippen molar-refractivity contribution < 1.29 is 4.74 Å². The minimum absolute atomic E-state index is 0.00174. The summed E-state index contributed by atoms with van der Waals surface area (Å²) in [6.45, 7) is 7.05. The predicted molar refractivity (Wildman–Crippen MR) is 76.1 cm³/mol. The van der Waals surface area contributed by atoms with Crippen LogP contribution in [0.4, 0.5) is 0 Å². The number of methoxy groups -OCH3 is 1. The third-order valence-electron chi connectivity index (χ3n) is 2.34. The summed E-state index contributed by atoms with van der Waals surface area (Å²) in [5.41, 5.74) is 1.19. The number of hydrogen-bond acceptors (Lipinski definition) is 2. The minimum atomic E-state index is 0.00174. The Balaban J connectivity index is 2.52. The molecule has 1 aromatic rings.